The van der Waals surface area contributed by atoms with Crippen LogP contribution in [0, 0.1) is 11.7 Å². The number of rotatable bonds is 4. The second-order valence-corrected chi connectivity index (χ2v) is 5.95. The zero-order valence-electron chi connectivity index (χ0n) is 13.0. The first-order valence-corrected chi connectivity index (χ1v) is 7.83. The molecule has 0 aromatic heterocycles. The summed E-state index contributed by atoms with van der Waals surface area (Å²) in [5.41, 5.74) is 10.7. The minimum absolute atomic E-state index is 0.0119. The van der Waals surface area contributed by atoms with Gasteiger partial charge < -0.3 is 21.7 Å². The van der Waals surface area contributed by atoms with Gasteiger partial charge in [0.2, 0.25) is 11.8 Å². The summed E-state index contributed by atoms with van der Waals surface area (Å²) < 4.78 is 13.4. The molecule has 1 aromatic rings. The maximum Gasteiger partial charge on any atom is 0.244 e. The smallest absolute Gasteiger partial charge is 0.244 e. The Morgan fingerprint density at radius 1 is 1.42 bits per heavy atom. The molecule has 2 amide bonds. The number of nitrogens with one attached hydrogen (secondary N) is 1. The van der Waals surface area contributed by atoms with E-state index in [2.05, 4.69) is 10.3 Å². The van der Waals surface area contributed by atoms with Crippen molar-refractivity contribution in [3.8, 4) is 0 Å². The number of likely N-dealkylation sites (tertiary alicyclic amines) is 1. The number of aliphatic imine (C=N–C) groups is 1. The van der Waals surface area contributed by atoms with E-state index >= 15 is 0 Å². The maximum absolute atomic E-state index is 13.4. The third kappa shape index (κ3) is 4.82. The molecule has 1 fully saturated rings. The summed E-state index contributed by atoms with van der Waals surface area (Å²) in [5, 5.41) is 2.63. The summed E-state index contributed by atoms with van der Waals surface area (Å²) in [7, 11) is 0. The Morgan fingerprint density at radius 2 is 2.17 bits per heavy atom. The molecular weight excluding hydrogens is 337 g/mol. The molecule has 0 spiro atoms. The van der Waals surface area contributed by atoms with Gasteiger partial charge in [0.25, 0.3) is 0 Å². The summed E-state index contributed by atoms with van der Waals surface area (Å²) in [6.07, 6.45) is 1.34. The average molecular weight is 356 g/mol. The number of amides is 2. The molecule has 7 nitrogen and oxygen atoms in total. The fourth-order valence-electron chi connectivity index (χ4n) is 2.49. The molecule has 1 aromatic carbocycles. The van der Waals surface area contributed by atoms with Crippen LogP contribution in [0.2, 0.25) is 5.02 Å². The molecule has 0 bridgehead atoms. The summed E-state index contributed by atoms with van der Waals surface area (Å²) in [4.78, 5) is 29.6. The SMILES string of the molecule is NC(N)=NCC(=O)N1CCC[C@H](C(=O)Nc2ccc(Cl)c(F)c2)C1. The van der Waals surface area contributed by atoms with Gasteiger partial charge in [0.05, 0.1) is 10.9 Å². The van der Waals surface area contributed by atoms with Crippen LogP contribution in [-0.2, 0) is 9.59 Å². The zero-order valence-corrected chi connectivity index (χ0v) is 13.7. The van der Waals surface area contributed by atoms with Crippen molar-refractivity contribution >= 4 is 35.1 Å². The Balaban J connectivity index is 1.95. The maximum atomic E-state index is 13.4. The Bertz CT molecular complexity index is 663. The van der Waals surface area contributed by atoms with Crippen LogP contribution < -0.4 is 16.8 Å². The number of carbonyl (C=O) groups excluding carboxylic acids is 2. The lowest BCUT2D eigenvalue weighted by Crippen LogP contribution is -2.44. The molecule has 1 atom stereocenters. The van der Waals surface area contributed by atoms with E-state index in [1.165, 1.54) is 12.1 Å². The van der Waals surface area contributed by atoms with Crippen molar-refractivity contribution in [2.45, 2.75) is 12.8 Å². The third-order valence-electron chi connectivity index (χ3n) is 3.73. The van der Waals surface area contributed by atoms with Crippen LogP contribution >= 0.6 is 11.6 Å². The Hall–Kier alpha value is -2.35. The fraction of sp³-hybridized carbons (Fsp3) is 0.400. The van der Waals surface area contributed by atoms with Gasteiger partial charge in [0, 0.05) is 18.8 Å². The predicted molar refractivity (Wildman–Crippen MR) is 90.0 cm³/mol. The molecule has 130 valence electrons. The predicted octanol–water partition coefficient (Wildman–Crippen LogP) is 0.930. The quantitative estimate of drug-likeness (QED) is 0.550. The first-order chi connectivity index (χ1) is 11.4. The second kappa shape index (κ2) is 7.96. The number of nitrogens with two attached hydrogens (primary N) is 2. The van der Waals surface area contributed by atoms with Crippen LogP contribution in [0.3, 0.4) is 0 Å². The van der Waals surface area contributed by atoms with Crippen LogP contribution in [0.4, 0.5) is 10.1 Å². The molecule has 2 rings (SSSR count). The standard InChI is InChI=1S/C15H19ClFN5O2/c16-11-4-3-10(6-12(11)17)21-14(24)9-2-1-5-22(8-9)13(23)7-20-15(18)19/h3-4,6,9H,1-2,5,7-8H2,(H,21,24)(H4,18,19,20)/t9-/m0/s1. The molecule has 1 saturated heterocycles. The lowest BCUT2D eigenvalue weighted by atomic mass is 9.97. The van der Waals surface area contributed by atoms with Crippen LogP contribution in [0.15, 0.2) is 23.2 Å². The van der Waals surface area contributed by atoms with Gasteiger partial charge in [-0.05, 0) is 31.0 Å². The van der Waals surface area contributed by atoms with Gasteiger partial charge in [-0.15, -0.1) is 0 Å². The average Bonchev–Trinajstić information content (AvgIpc) is 2.56. The molecule has 0 aliphatic carbocycles. The molecule has 1 aliphatic heterocycles. The normalized spacial score (nSPS) is 17.2. The van der Waals surface area contributed by atoms with E-state index in [4.69, 9.17) is 23.1 Å². The van der Waals surface area contributed by atoms with E-state index < -0.39 is 5.82 Å². The lowest BCUT2D eigenvalue weighted by Gasteiger charge is -2.31. The molecule has 5 N–H and O–H groups in total. The number of guanidine groups is 1. The Kier molecular flexibility index (Phi) is 5.97. The monoisotopic (exact) mass is 355 g/mol. The Morgan fingerprint density at radius 3 is 2.83 bits per heavy atom. The zero-order chi connectivity index (χ0) is 17.7. The number of hydrogen-bond donors (Lipinski definition) is 3. The van der Waals surface area contributed by atoms with Crippen LogP contribution in [0.5, 0.6) is 0 Å². The highest BCUT2D eigenvalue weighted by molar-refractivity contribution is 6.30. The van der Waals surface area contributed by atoms with Crippen molar-refractivity contribution in [3.05, 3.63) is 29.0 Å². The highest BCUT2D eigenvalue weighted by Crippen LogP contribution is 2.22. The summed E-state index contributed by atoms with van der Waals surface area (Å²) in [6.45, 7) is 0.692. The number of hydrogen-bond acceptors (Lipinski definition) is 3. The molecule has 0 saturated carbocycles. The van der Waals surface area contributed by atoms with Gasteiger partial charge >= 0.3 is 0 Å². The molecule has 0 unspecified atom stereocenters. The molecule has 1 aliphatic rings. The largest absolute Gasteiger partial charge is 0.370 e. The Labute approximate surface area is 143 Å². The number of benzene rings is 1. The van der Waals surface area contributed by atoms with Gasteiger partial charge in [-0.1, -0.05) is 11.6 Å². The second-order valence-electron chi connectivity index (χ2n) is 5.54. The van der Waals surface area contributed by atoms with Crippen molar-refractivity contribution in [3.63, 3.8) is 0 Å². The van der Waals surface area contributed by atoms with E-state index in [9.17, 15) is 14.0 Å². The van der Waals surface area contributed by atoms with Gasteiger partial charge in [-0.2, -0.15) is 0 Å². The summed E-state index contributed by atoms with van der Waals surface area (Å²) in [6, 6.07) is 4.05. The first kappa shape index (κ1) is 18.0. The number of carbonyl (C=O) groups is 2. The van der Waals surface area contributed by atoms with E-state index in [-0.39, 0.29) is 41.8 Å². The lowest BCUT2D eigenvalue weighted by molar-refractivity contribution is -0.133. The summed E-state index contributed by atoms with van der Waals surface area (Å²) in [5.74, 6) is -1.64. The molecule has 24 heavy (non-hydrogen) atoms. The highest BCUT2D eigenvalue weighted by Gasteiger charge is 2.28. The van der Waals surface area contributed by atoms with E-state index in [0.29, 0.717) is 25.1 Å². The van der Waals surface area contributed by atoms with Crippen molar-refractivity contribution in [2.24, 2.45) is 22.4 Å². The number of anilines is 1. The highest BCUT2D eigenvalue weighted by atomic mass is 35.5. The van der Waals surface area contributed by atoms with Gasteiger partial charge in [-0.25, -0.2) is 9.38 Å². The minimum atomic E-state index is -0.604. The van der Waals surface area contributed by atoms with Crippen LogP contribution in [0.1, 0.15) is 12.8 Å². The van der Waals surface area contributed by atoms with E-state index in [1.807, 2.05) is 0 Å². The summed E-state index contributed by atoms with van der Waals surface area (Å²) >= 11 is 5.61. The van der Waals surface area contributed by atoms with Gasteiger partial charge in [-0.3, -0.25) is 9.59 Å². The molecule has 1 heterocycles. The van der Waals surface area contributed by atoms with Crippen molar-refractivity contribution in [1.29, 1.82) is 0 Å². The van der Waals surface area contributed by atoms with E-state index in [0.717, 1.165) is 6.07 Å². The number of halogens is 2. The third-order valence-corrected chi connectivity index (χ3v) is 4.04. The first-order valence-electron chi connectivity index (χ1n) is 7.46. The molecular formula is C15H19ClFN5O2. The topological polar surface area (TPSA) is 114 Å². The van der Waals surface area contributed by atoms with Crippen LogP contribution in [0.25, 0.3) is 0 Å². The van der Waals surface area contributed by atoms with Gasteiger partial charge in [0.15, 0.2) is 5.96 Å². The minimum Gasteiger partial charge on any atom is -0.370 e. The molecule has 0 radical (unpaired) electrons. The fourth-order valence-corrected chi connectivity index (χ4v) is 2.61. The van der Waals surface area contributed by atoms with E-state index in [1.54, 1.807) is 4.90 Å². The van der Waals surface area contributed by atoms with Gasteiger partial charge in [0.1, 0.15) is 12.4 Å². The number of nitrogens with zero attached hydrogens (tertiary/aromatic N) is 2. The molecule has 9 heteroatoms. The van der Waals surface area contributed by atoms with Crippen molar-refractivity contribution in [2.75, 3.05) is 25.0 Å². The van der Waals surface area contributed by atoms with Crippen molar-refractivity contribution < 1.29 is 14.0 Å². The number of piperidine rings is 1. The van der Waals surface area contributed by atoms with Crippen LogP contribution in [-0.4, -0.2) is 42.3 Å². The van der Waals surface area contributed by atoms with Crippen molar-refractivity contribution in [1.82, 2.24) is 4.90 Å².